The second-order valence-corrected chi connectivity index (χ2v) is 7.69. The van der Waals surface area contributed by atoms with E-state index in [1.807, 2.05) is 50.2 Å². The average molecular weight is 401 g/mol. The number of phenols is 1. The normalized spacial score (nSPS) is 11.5. The van der Waals surface area contributed by atoms with Crippen LogP contribution in [-0.4, -0.2) is 5.11 Å². The average Bonchev–Trinajstić information content (AvgIpc) is 2.92. The van der Waals surface area contributed by atoms with Gasteiger partial charge in [0.05, 0.1) is 4.70 Å². The number of halogens is 1. The second kappa shape index (κ2) is 5.46. The zero-order valence-corrected chi connectivity index (χ0v) is 15.4. The van der Waals surface area contributed by atoms with Gasteiger partial charge in [0.15, 0.2) is 5.58 Å². The molecule has 120 valence electrons. The molecule has 0 saturated carbocycles. The molecule has 0 aliphatic heterocycles. The molecular formula is C19H13BrO3S. The first-order valence-electron chi connectivity index (χ1n) is 7.41. The number of aromatic hydroxyl groups is 1. The van der Waals surface area contributed by atoms with Crippen molar-refractivity contribution < 1.29 is 9.52 Å². The van der Waals surface area contributed by atoms with Gasteiger partial charge < -0.3 is 9.52 Å². The van der Waals surface area contributed by atoms with Gasteiger partial charge in [0, 0.05) is 20.8 Å². The Morgan fingerprint density at radius 2 is 1.67 bits per heavy atom. The van der Waals surface area contributed by atoms with Crippen molar-refractivity contribution in [1.29, 1.82) is 0 Å². The second-order valence-electron chi connectivity index (χ2n) is 5.82. The van der Waals surface area contributed by atoms with E-state index < -0.39 is 0 Å². The van der Waals surface area contributed by atoms with Crippen LogP contribution >= 0.6 is 27.3 Å². The van der Waals surface area contributed by atoms with Crippen molar-refractivity contribution in [3.05, 3.63) is 61.7 Å². The molecule has 24 heavy (non-hydrogen) atoms. The summed E-state index contributed by atoms with van der Waals surface area (Å²) in [5, 5.41) is 12.4. The molecule has 5 heteroatoms. The smallest absolute Gasteiger partial charge is 0.396 e. The summed E-state index contributed by atoms with van der Waals surface area (Å²) in [6, 6.07) is 11.6. The standard InChI is InChI=1S/C19H13BrO3S/c1-9-7-13-14(8-10(9)2)17-18(24-19(22)23-17)15(16(13)21)11-3-5-12(20)6-4-11/h3-8,21H,1-2H3. The van der Waals surface area contributed by atoms with Crippen molar-refractivity contribution in [3.63, 3.8) is 0 Å². The fourth-order valence-electron chi connectivity index (χ4n) is 2.95. The third kappa shape index (κ3) is 2.27. The minimum absolute atomic E-state index is 0.181. The van der Waals surface area contributed by atoms with Crippen molar-refractivity contribution in [2.75, 3.05) is 0 Å². The lowest BCUT2D eigenvalue weighted by molar-refractivity contribution is 0.484. The maximum absolute atomic E-state index is 11.9. The third-order valence-corrected chi connectivity index (χ3v) is 5.68. The van der Waals surface area contributed by atoms with E-state index >= 15 is 0 Å². The van der Waals surface area contributed by atoms with Gasteiger partial charge in [-0.2, -0.15) is 0 Å². The summed E-state index contributed by atoms with van der Waals surface area (Å²) in [6.07, 6.45) is 0. The lowest BCUT2D eigenvalue weighted by Gasteiger charge is -2.12. The molecule has 0 atom stereocenters. The predicted octanol–water partition coefficient (Wildman–Crippen LogP) is 5.76. The molecule has 0 fully saturated rings. The van der Waals surface area contributed by atoms with Crippen molar-refractivity contribution in [1.82, 2.24) is 0 Å². The summed E-state index contributed by atoms with van der Waals surface area (Å²) in [7, 11) is 0. The Morgan fingerprint density at radius 3 is 2.33 bits per heavy atom. The molecule has 3 nitrogen and oxygen atoms in total. The minimum atomic E-state index is -0.367. The summed E-state index contributed by atoms with van der Waals surface area (Å²) in [4.78, 5) is 11.5. The predicted molar refractivity (Wildman–Crippen MR) is 102 cm³/mol. The number of hydrogen-bond acceptors (Lipinski definition) is 4. The summed E-state index contributed by atoms with van der Waals surface area (Å²) in [5.74, 6) is 0.181. The number of phenolic OH excluding ortho intramolecular Hbond substituents is 1. The van der Waals surface area contributed by atoms with E-state index in [-0.39, 0.29) is 10.7 Å². The Hall–Kier alpha value is -2.11. The van der Waals surface area contributed by atoms with Gasteiger partial charge in [-0.25, -0.2) is 4.79 Å². The van der Waals surface area contributed by atoms with Gasteiger partial charge >= 0.3 is 4.94 Å². The quantitative estimate of drug-likeness (QED) is 0.441. The first-order valence-corrected chi connectivity index (χ1v) is 9.02. The summed E-state index contributed by atoms with van der Waals surface area (Å²) in [6.45, 7) is 4.01. The first-order chi connectivity index (χ1) is 11.5. The minimum Gasteiger partial charge on any atom is -0.507 e. The lowest BCUT2D eigenvalue weighted by atomic mass is 9.96. The molecule has 0 spiro atoms. The molecule has 4 rings (SSSR count). The molecule has 0 aliphatic carbocycles. The van der Waals surface area contributed by atoms with Crippen molar-refractivity contribution in [3.8, 4) is 16.9 Å². The highest BCUT2D eigenvalue weighted by Gasteiger charge is 2.20. The number of fused-ring (bicyclic) bond motifs is 3. The Bertz CT molecular complexity index is 1150. The Kier molecular flexibility index (Phi) is 3.51. The fourth-order valence-corrected chi connectivity index (χ4v) is 4.07. The van der Waals surface area contributed by atoms with E-state index in [1.54, 1.807) is 0 Å². The van der Waals surface area contributed by atoms with E-state index in [1.165, 1.54) is 0 Å². The number of aryl methyl sites for hydroxylation is 2. The molecule has 3 aromatic carbocycles. The number of hydrogen-bond donors (Lipinski definition) is 1. The van der Waals surface area contributed by atoms with Crippen molar-refractivity contribution in [2.45, 2.75) is 13.8 Å². The van der Waals surface area contributed by atoms with Crippen LogP contribution in [0.5, 0.6) is 5.75 Å². The summed E-state index contributed by atoms with van der Waals surface area (Å²) < 4.78 is 7.09. The van der Waals surface area contributed by atoms with E-state index in [0.29, 0.717) is 21.2 Å². The molecule has 1 heterocycles. The van der Waals surface area contributed by atoms with Gasteiger partial charge in [-0.1, -0.05) is 39.4 Å². The zero-order valence-electron chi connectivity index (χ0n) is 13.0. The van der Waals surface area contributed by atoms with Crippen LogP contribution in [0.15, 0.2) is 50.1 Å². The third-order valence-electron chi connectivity index (χ3n) is 4.31. The SMILES string of the molecule is Cc1cc2c(O)c(-c3ccc(Br)cc3)c3sc(=O)oc3c2cc1C. The Balaban J connectivity index is 2.23. The fraction of sp³-hybridized carbons (Fsp3) is 0.105. The topological polar surface area (TPSA) is 50.4 Å². The molecule has 1 N–H and O–H groups in total. The van der Waals surface area contributed by atoms with Crippen LogP contribution in [0.25, 0.3) is 32.2 Å². The zero-order chi connectivity index (χ0) is 17.0. The highest BCUT2D eigenvalue weighted by Crippen LogP contribution is 2.45. The van der Waals surface area contributed by atoms with Gasteiger partial charge in [-0.15, -0.1) is 0 Å². The van der Waals surface area contributed by atoms with Crippen LogP contribution < -0.4 is 4.94 Å². The Morgan fingerprint density at radius 1 is 1.04 bits per heavy atom. The summed E-state index contributed by atoms with van der Waals surface area (Å²) >= 11 is 4.44. The number of benzene rings is 3. The van der Waals surface area contributed by atoms with Gasteiger partial charge in [0.2, 0.25) is 0 Å². The highest BCUT2D eigenvalue weighted by atomic mass is 79.9. The van der Waals surface area contributed by atoms with E-state index in [9.17, 15) is 9.90 Å². The summed E-state index contributed by atoms with van der Waals surface area (Å²) in [5.41, 5.74) is 4.20. The molecule has 0 unspecified atom stereocenters. The van der Waals surface area contributed by atoms with E-state index in [0.717, 1.165) is 37.9 Å². The molecule has 0 saturated heterocycles. The van der Waals surface area contributed by atoms with Gasteiger partial charge in [0.25, 0.3) is 0 Å². The van der Waals surface area contributed by atoms with E-state index in [4.69, 9.17) is 4.42 Å². The van der Waals surface area contributed by atoms with Gasteiger partial charge in [-0.3, -0.25) is 0 Å². The van der Waals surface area contributed by atoms with Gasteiger partial charge in [-0.05, 0) is 54.8 Å². The maximum atomic E-state index is 11.9. The van der Waals surface area contributed by atoms with Crippen molar-refractivity contribution in [2.24, 2.45) is 0 Å². The molecular weight excluding hydrogens is 388 g/mol. The Labute approximate surface area is 150 Å². The van der Waals surface area contributed by atoms with Crippen molar-refractivity contribution >= 4 is 48.3 Å². The molecule has 0 bridgehead atoms. The monoisotopic (exact) mass is 400 g/mol. The molecule has 0 amide bonds. The number of rotatable bonds is 1. The van der Waals surface area contributed by atoms with Crippen LogP contribution in [-0.2, 0) is 0 Å². The molecule has 4 aromatic rings. The van der Waals surface area contributed by atoms with Crippen LogP contribution in [0.3, 0.4) is 0 Å². The van der Waals surface area contributed by atoms with Crippen LogP contribution in [0.4, 0.5) is 0 Å². The van der Waals surface area contributed by atoms with Crippen LogP contribution in [0, 0.1) is 13.8 Å². The molecule has 0 aliphatic rings. The maximum Gasteiger partial charge on any atom is 0.396 e. The lowest BCUT2D eigenvalue weighted by Crippen LogP contribution is -1.87. The highest BCUT2D eigenvalue weighted by molar-refractivity contribution is 9.10. The largest absolute Gasteiger partial charge is 0.507 e. The molecule has 1 aromatic heterocycles. The van der Waals surface area contributed by atoms with Crippen LogP contribution in [0.2, 0.25) is 0 Å². The first kappa shape index (κ1) is 15.4. The van der Waals surface area contributed by atoms with Crippen LogP contribution in [0.1, 0.15) is 11.1 Å². The van der Waals surface area contributed by atoms with Gasteiger partial charge in [0.1, 0.15) is 5.75 Å². The molecule has 0 radical (unpaired) electrons. The van der Waals surface area contributed by atoms with E-state index in [2.05, 4.69) is 15.9 Å².